The Balaban J connectivity index is 2.52. The fraction of sp³-hybridized carbons (Fsp3) is 0.312. The van der Waals surface area contributed by atoms with Crippen molar-refractivity contribution in [2.45, 2.75) is 24.2 Å². The van der Waals surface area contributed by atoms with Gasteiger partial charge in [0.15, 0.2) is 0 Å². The summed E-state index contributed by atoms with van der Waals surface area (Å²) >= 11 is -1.79. The van der Waals surface area contributed by atoms with Crippen molar-refractivity contribution >= 4 is 17.7 Å². The minimum atomic E-state index is -1.79. The zero-order valence-corrected chi connectivity index (χ0v) is 14.4. The zero-order chi connectivity index (χ0) is 14.2. The van der Waals surface area contributed by atoms with Crippen molar-refractivity contribution in [2.75, 3.05) is 0 Å². The van der Waals surface area contributed by atoms with Crippen LogP contribution in [-0.4, -0.2) is 13.3 Å². The van der Waals surface area contributed by atoms with Crippen molar-refractivity contribution in [3.8, 4) is 11.3 Å². The molecule has 1 nitrogen and oxygen atoms in total. The maximum atomic E-state index is 13.2. The van der Waals surface area contributed by atoms with Crippen molar-refractivity contribution < 1.29 is 8.96 Å². The van der Waals surface area contributed by atoms with Gasteiger partial charge in [-0.25, -0.2) is 0 Å². The Kier molecular flexibility index (Phi) is 3.81. The molecule has 19 heavy (non-hydrogen) atoms. The van der Waals surface area contributed by atoms with Crippen LogP contribution in [-0.2, 0) is 7.05 Å². The van der Waals surface area contributed by atoms with Gasteiger partial charge in [0.05, 0.1) is 0 Å². The Hall–Kier alpha value is -1.16. The van der Waals surface area contributed by atoms with Gasteiger partial charge in [-0.1, -0.05) is 0 Å². The third-order valence-corrected chi connectivity index (χ3v) is 7.72. The van der Waals surface area contributed by atoms with Crippen LogP contribution < -0.4 is 8.96 Å². The monoisotopic (exact) mass is 320 g/mol. The molecule has 1 aromatic heterocycles. The molecule has 0 aliphatic heterocycles. The minimum absolute atomic E-state index is 0.176. The summed E-state index contributed by atoms with van der Waals surface area (Å²) < 4.78 is 16.8. The molecule has 0 aliphatic rings. The Morgan fingerprint density at radius 1 is 1.05 bits per heavy atom. The summed E-state index contributed by atoms with van der Waals surface area (Å²) in [6.45, 7) is 1.95. The van der Waals surface area contributed by atoms with Crippen LogP contribution >= 0.6 is 0 Å². The van der Waals surface area contributed by atoms with E-state index in [1.165, 1.54) is 10.5 Å². The van der Waals surface area contributed by atoms with Crippen LogP contribution in [0.5, 0.6) is 0 Å². The number of hydrogen-bond donors (Lipinski definition) is 0. The molecule has 1 heterocycles. The van der Waals surface area contributed by atoms with Crippen LogP contribution in [0.25, 0.3) is 11.3 Å². The van der Waals surface area contributed by atoms with Gasteiger partial charge >= 0.3 is 117 Å². The third kappa shape index (κ3) is 3.06. The van der Waals surface area contributed by atoms with Crippen molar-refractivity contribution in [1.29, 1.82) is 0 Å². The number of halogens is 1. The van der Waals surface area contributed by atoms with Crippen LogP contribution in [0.4, 0.5) is 4.39 Å². The molecule has 0 saturated heterocycles. The van der Waals surface area contributed by atoms with E-state index >= 15 is 0 Å². The van der Waals surface area contributed by atoms with Crippen molar-refractivity contribution in [3.63, 3.8) is 0 Å². The van der Waals surface area contributed by atoms with Gasteiger partial charge in [-0.2, -0.15) is 0 Å². The molecule has 2 aromatic rings. The number of hydrogen-bond acceptors (Lipinski definition) is 0. The Morgan fingerprint density at radius 2 is 1.74 bits per heavy atom. The van der Waals surface area contributed by atoms with Crippen molar-refractivity contribution in [2.24, 2.45) is 7.05 Å². The molecule has 0 aliphatic carbocycles. The first-order chi connectivity index (χ1) is 8.79. The average Bonchev–Trinajstić information content (AvgIpc) is 2.28. The molecule has 0 atom stereocenters. The van der Waals surface area contributed by atoms with Gasteiger partial charge < -0.3 is 0 Å². The fourth-order valence-electron chi connectivity index (χ4n) is 2.25. The van der Waals surface area contributed by atoms with Gasteiger partial charge in [0.2, 0.25) is 0 Å². The quantitative estimate of drug-likeness (QED) is 0.591. The zero-order valence-electron chi connectivity index (χ0n) is 12.3. The summed E-state index contributed by atoms with van der Waals surface area (Å²) in [5.74, 6) is 6.99. The van der Waals surface area contributed by atoms with E-state index in [2.05, 4.69) is 47.2 Å². The molecule has 0 saturated carbocycles. The van der Waals surface area contributed by atoms with Gasteiger partial charge in [0, 0.05) is 0 Å². The van der Waals surface area contributed by atoms with Gasteiger partial charge in [-0.3, -0.25) is 0 Å². The van der Waals surface area contributed by atoms with Crippen LogP contribution in [0, 0.1) is 12.7 Å². The molecular weight excluding hydrogens is 298 g/mol. The number of rotatable bonds is 2. The molecule has 0 N–H and O–H groups in total. The van der Waals surface area contributed by atoms with Crippen LogP contribution in [0.2, 0.25) is 17.3 Å². The Morgan fingerprint density at radius 3 is 2.26 bits per heavy atom. The summed E-state index contributed by atoms with van der Waals surface area (Å²) in [6, 6.07) is 9.37. The number of benzene rings is 1. The molecule has 0 amide bonds. The second kappa shape index (κ2) is 5.08. The van der Waals surface area contributed by atoms with Gasteiger partial charge in [-0.15, -0.1) is 0 Å². The molecule has 0 bridgehead atoms. The van der Waals surface area contributed by atoms with E-state index in [4.69, 9.17) is 0 Å². The van der Waals surface area contributed by atoms with Crippen LogP contribution in [0.1, 0.15) is 5.56 Å². The first-order valence-corrected chi connectivity index (χ1v) is 13.9. The molecule has 3 heteroatoms. The Labute approximate surface area is 117 Å². The number of aromatic nitrogens is 1. The number of aryl methyl sites for hydroxylation is 2. The van der Waals surface area contributed by atoms with E-state index in [-0.39, 0.29) is 5.82 Å². The first kappa shape index (κ1) is 14.3. The topological polar surface area (TPSA) is 3.88 Å². The van der Waals surface area contributed by atoms with E-state index in [9.17, 15) is 4.39 Å². The van der Waals surface area contributed by atoms with E-state index in [0.717, 1.165) is 16.8 Å². The van der Waals surface area contributed by atoms with Crippen LogP contribution in [0.3, 0.4) is 0 Å². The SMILES string of the molecule is Cc1cc(F)ccc1-c1cc[c]([Ge]([CH3])([CH3])[CH3])c[n+]1C. The predicted molar refractivity (Wildman–Crippen MR) is 80.7 cm³/mol. The summed E-state index contributed by atoms with van der Waals surface area (Å²) in [4.78, 5) is 0. The second-order valence-electron chi connectivity index (χ2n) is 6.12. The predicted octanol–water partition coefficient (Wildman–Crippen LogP) is 3.17. The Bertz CT molecular complexity index is 615. The molecule has 0 fully saturated rings. The molecule has 1 aromatic carbocycles. The molecular formula is C16H21FGeN+. The molecule has 0 unspecified atom stereocenters. The van der Waals surface area contributed by atoms with E-state index < -0.39 is 13.3 Å². The van der Waals surface area contributed by atoms with E-state index in [1.54, 1.807) is 6.07 Å². The van der Waals surface area contributed by atoms with E-state index in [1.807, 2.05) is 13.0 Å². The normalized spacial score (nSPS) is 11.7. The molecule has 2 rings (SSSR count). The number of nitrogens with zero attached hydrogens (tertiary/aromatic N) is 1. The summed E-state index contributed by atoms with van der Waals surface area (Å²) in [5.41, 5.74) is 3.20. The molecule has 100 valence electrons. The number of pyridine rings is 1. The third-order valence-electron chi connectivity index (χ3n) is 3.46. The first-order valence-electron chi connectivity index (χ1n) is 6.56. The summed E-state index contributed by atoms with van der Waals surface area (Å²) in [6.07, 6.45) is 2.23. The van der Waals surface area contributed by atoms with Gasteiger partial charge in [0.1, 0.15) is 0 Å². The maximum absolute atomic E-state index is 13.2. The second-order valence-corrected chi connectivity index (χ2v) is 16.8. The van der Waals surface area contributed by atoms with Crippen molar-refractivity contribution in [3.05, 3.63) is 47.9 Å². The average molecular weight is 319 g/mol. The van der Waals surface area contributed by atoms with Gasteiger partial charge in [-0.05, 0) is 0 Å². The molecule has 0 radical (unpaired) electrons. The molecule has 0 spiro atoms. The fourth-order valence-corrected chi connectivity index (χ4v) is 4.69. The van der Waals surface area contributed by atoms with Gasteiger partial charge in [0.25, 0.3) is 0 Å². The van der Waals surface area contributed by atoms with Crippen LogP contribution in [0.15, 0.2) is 36.5 Å². The summed E-state index contributed by atoms with van der Waals surface area (Å²) in [5, 5.41) is 0. The van der Waals surface area contributed by atoms with E-state index in [0.29, 0.717) is 0 Å². The summed E-state index contributed by atoms with van der Waals surface area (Å²) in [7, 11) is 2.07. The van der Waals surface area contributed by atoms with Crippen molar-refractivity contribution in [1.82, 2.24) is 0 Å². The standard InChI is InChI=1S/C16H21FGeN/c1-12-10-13(17)6-8-15(12)16-9-7-14(11-19(16)5)18(2,3)4/h6-11H,1-5H3/q+1.